The maximum Gasteiger partial charge on any atom is 0.223 e. The minimum Gasteiger partial charge on any atom is -0.353 e. The fourth-order valence-corrected chi connectivity index (χ4v) is 4.69. The molecule has 0 radical (unpaired) electrons. The van der Waals surface area contributed by atoms with Crippen LogP contribution in [0.3, 0.4) is 0 Å². The number of nitrogens with one attached hydrogen (secondary N) is 1. The lowest BCUT2D eigenvalue weighted by atomic mass is 9.83. The molecule has 27 heavy (non-hydrogen) atoms. The molecule has 2 fully saturated rings. The Balaban J connectivity index is 1.58. The first kappa shape index (κ1) is 19.9. The molecule has 0 spiro atoms. The van der Waals surface area contributed by atoms with Crippen LogP contribution in [0.5, 0.6) is 0 Å². The van der Waals surface area contributed by atoms with Crippen molar-refractivity contribution in [3.8, 4) is 0 Å². The van der Waals surface area contributed by atoms with Crippen LogP contribution in [-0.4, -0.2) is 35.8 Å². The molecule has 1 unspecified atom stereocenters. The lowest BCUT2D eigenvalue weighted by molar-refractivity contribution is -0.134. The topological polar surface area (TPSA) is 49.4 Å². The van der Waals surface area contributed by atoms with Crippen molar-refractivity contribution in [2.24, 2.45) is 11.8 Å². The highest BCUT2D eigenvalue weighted by Gasteiger charge is 2.28. The van der Waals surface area contributed by atoms with Gasteiger partial charge in [0.2, 0.25) is 11.8 Å². The third-order valence-electron chi connectivity index (χ3n) is 6.32. The van der Waals surface area contributed by atoms with Gasteiger partial charge in [-0.15, -0.1) is 0 Å². The van der Waals surface area contributed by atoms with Crippen molar-refractivity contribution in [2.75, 3.05) is 13.1 Å². The fourth-order valence-electron chi connectivity index (χ4n) is 4.69. The van der Waals surface area contributed by atoms with Gasteiger partial charge >= 0.3 is 0 Å². The van der Waals surface area contributed by atoms with Crippen LogP contribution in [0, 0.1) is 11.8 Å². The van der Waals surface area contributed by atoms with Gasteiger partial charge in [-0.1, -0.05) is 62.4 Å². The molecule has 1 saturated heterocycles. The zero-order valence-corrected chi connectivity index (χ0v) is 16.7. The minimum atomic E-state index is 0.0465. The number of rotatable bonds is 6. The number of piperidine rings is 1. The molecular weight excluding hydrogens is 336 g/mol. The normalized spacial score (nSPS) is 20.3. The highest BCUT2D eigenvalue weighted by molar-refractivity contribution is 5.79. The largest absolute Gasteiger partial charge is 0.353 e. The van der Waals surface area contributed by atoms with Gasteiger partial charge in [0.15, 0.2) is 0 Å². The van der Waals surface area contributed by atoms with E-state index in [0.717, 1.165) is 31.6 Å². The number of benzene rings is 1. The summed E-state index contributed by atoms with van der Waals surface area (Å²) >= 11 is 0. The van der Waals surface area contributed by atoms with Crippen molar-refractivity contribution in [2.45, 2.75) is 70.8 Å². The summed E-state index contributed by atoms with van der Waals surface area (Å²) in [5.74, 6) is 1.10. The fraction of sp³-hybridized carbons (Fsp3) is 0.652. The van der Waals surface area contributed by atoms with Gasteiger partial charge in [0.05, 0.1) is 0 Å². The summed E-state index contributed by atoms with van der Waals surface area (Å²) in [6, 6.07) is 10.7. The molecule has 3 rings (SSSR count). The second kappa shape index (κ2) is 9.91. The lowest BCUT2D eigenvalue weighted by Gasteiger charge is -2.32. The Hall–Kier alpha value is -1.84. The Bertz CT molecular complexity index is 602. The molecular formula is C23H34N2O2. The van der Waals surface area contributed by atoms with E-state index in [2.05, 4.69) is 29.6 Å². The van der Waals surface area contributed by atoms with E-state index in [4.69, 9.17) is 0 Å². The average Bonchev–Trinajstić information content (AvgIpc) is 2.69. The Morgan fingerprint density at radius 1 is 1.04 bits per heavy atom. The predicted octanol–water partition coefficient (Wildman–Crippen LogP) is 3.94. The Labute approximate surface area is 163 Å². The van der Waals surface area contributed by atoms with Crippen LogP contribution in [0.1, 0.15) is 63.9 Å². The van der Waals surface area contributed by atoms with Crippen LogP contribution in [0.4, 0.5) is 0 Å². The van der Waals surface area contributed by atoms with Crippen LogP contribution < -0.4 is 5.32 Å². The lowest BCUT2D eigenvalue weighted by Crippen LogP contribution is -2.46. The molecule has 1 N–H and O–H groups in total. The van der Waals surface area contributed by atoms with E-state index in [1.54, 1.807) is 6.92 Å². The van der Waals surface area contributed by atoms with Gasteiger partial charge in [-0.3, -0.25) is 9.59 Å². The standard InChI is InChI=1S/C23H34N2O2/c1-18(26)25-14-12-21(13-15-25)23(27)24-22(16-19-8-4-2-5-9-19)17-20-10-6-3-7-11-20/h2,4-5,8-9,20-22H,3,6-7,10-17H2,1H3,(H,24,27). The third-order valence-corrected chi connectivity index (χ3v) is 6.32. The first-order chi connectivity index (χ1) is 13.1. The Morgan fingerprint density at radius 2 is 1.70 bits per heavy atom. The maximum absolute atomic E-state index is 12.9. The van der Waals surface area contributed by atoms with E-state index in [0.29, 0.717) is 13.1 Å². The van der Waals surface area contributed by atoms with Gasteiger partial charge in [0.1, 0.15) is 0 Å². The average molecular weight is 371 g/mol. The molecule has 2 aliphatic rings. The van der Waals surface area contributed by atoms with E-state index in [1.807, 2.05) is 11.0 Å². The number of likely N-dealkylation sites (tertiary alicyclic amines) is 1. The molecule has 1 aliphatic carbocycles. The molecule has 4 nitrogen and oxygen atoms in total. The molecule has 1 aliphatic heterocycles. The first-order valence-electron chi connectivity index (χ1n) is 10.7. The van der Waals surface area contributed by atoms with Crippen LogP contribution in [0.2, 0.25) is 0 Å². The maximum atomic E-state index is 12.9. The Kier molecular flexibility index (Phi) is 7.31. The van der Waals surface area contributed by atoms with Crippen molar-refractivity contribution < 1.29 is 9.59 Å². The number of carbonyl (C=O) groups excluding carboxylic acids is 2. The van der Waals surface area contributed by atoms with Crippen molar-refractivity contribution in [1.29, 1.82) is 0 Å². The smallest absolute Gasteiger partial charge is 0.223 e. The van der Waals surface area contributed by atoms with Gasteiger partial charge < -0.3 is 10.2 Å². The molecule has 1 aromatic carbocycles. The van der Waals surface area contributed by atoms with Crippen LogP contribution >= 0.6 is 0 Å². The second-order valence-corrected chi connectivity index (χ2v) is 8.42. The number of nitrogens with zero attached hydrogens (tertiary/aromatic N) is 1. The van der Waals surface area contributed by atoms with Gasteiger partial charge in [-0.25, -0.2) is 0 Å². The SMILES string of the molecule is CC(=O)N1CCC(C(=O)NC(Cc2ccccc2)CC2CCCCC2)CC1. The van der Waals surface area contributed by atoms with E-state index >= 15 is 0 Å². The van der Waals surface area contributed by atoms with E-state index in [-0.39, 0.29) is 23.8 Å². The summed E-state index contributed by atoms with van der Waals surface area (Å²) in [4.78, 5) is 26.3. The molecule has 2 amide bonds. The molecule has 1 aromatic rings. The van der Waals surface area contributed by atoms with Crippen LogP contribution in [0.25, 0.3) is 0 Å². The first-order valence-corrected chi connectivity index (χ1v) is 10.7. The summed E-state index contributed by atoms with van der Waals surface area (Å²) in [7, 11) is 0. The highest BCUT2D eigenvalue weighted by atomic mass is 16.2. The van der Waals surface area contributed by atoms with E-state index < -0.39 is 0 Å². The molecule has 1 atom stereocenters. The van der Waals surface area contributed by atoms with Crippen molar-refractivity contribution >= 4 is 11.8 Å². The summed E-state index contributed by atoms with van der Waals surface area (Å²) in [5, 5.41) is 3.38. The zero-order valence-electron chi connectivity index (χ0n) is 16.7. The van der Waals surface area contributed by atoms with Gasteiger partial charge in [0.25, 0.3) is 0 Å². The van der Waals surface area contributed by atoms with Crippen molar-refractivity contribution in [3.05, 3.63) is 35.9 Å². The summed E-state index contributed by atoms with van der Waals surface area (Å²) in [5.41, 5.74) is 1.30. The van der Waals surface area contributed by atoms with Crippen molar-refractivity contribution in [3.63, 3.8) is 0 Å². The third kappa shape index (κ3) is 6.08. The van der Waals surface area contributed by atoms with Crippen LogP contribution in [0.15, 0.2) is 30.3 Å². The predicted molar refractivity (Wildman–Crippen MR) is 108 cm³/mol. The van der Waals surface area contributed by atoms with E-state index in [1.165, 1.54) is 37.7 Å². The van der Waals surface area contributed by atoms with Crippen LogP contribution in [-0.2, 0) is 16.0 Å². The minimum absolute atomic E-state index is 0.0465. The zero-order chi connectivity index (χ0) is 19.1. The van der Waals surface area contributed by atoms with Crippen molar-refractivity contribution in [1.82, 2.24) is 10.2 Å². The summed E-state index contributed by atoms with van der Waals surface area (Å²) in [6.07, 6.45) is 10.2. The summed E-state index contributed by atoms with van der Waals surface area (Å²) < 4.78 is 0. The highest BCUT2D eigenvalue weighted by Crippen LogP contribution is 2.28. The van der Waals surface area contributed by atoms with Gasteiger partial charge in [-0.2, -0.15) is 0 Å². The number of hydrogen-bond acceptors (Lipinski definition) is 2. The monoisotopic (exact) mass is 370 g/mol. The second-order valence-electron chi connectivity index (χ2n) is 8.42. The molecule has 4 heteroatoms. The van der Waals surface area contributed by atoms with Gasteiger partial charge in [-0.05, 0) is 37.2 Å². The quantitative estimate of drug-likeness (QED) is 0.824. The number of amides is 2. The molecule has 0 aromatic heterocycles. The number of carbonyl (C=O) groups is 2. The summed E-state index contributed by atoms with van der Waals surface area (Å²) in [6.45, 7) is 3.03. The molecule has 0 bridgehead atoms. The molecule has 148 valence electrons. The molecule has 1 saturated carbocycles. The van der Waals surface area contributed by atoms with E-state index in [9.17, 15) is 9.59 Å². The number of hydrogen-bond donors (Lipinski definition) is 1. The van der Waals surface area contributed by atoms with Gasteiger partial charge in [0, 0.05) is 32.0 Å². The Morgan fingerprint density at radius 3 is 2.33 bits per heavy atom. The molecule has 1 heterocycles.